The molecule has 0 fully saturated rings. The summed E-state index contributed by atoms with van der Waals surface area (Å²) in [6.07, 6.45) is 0. The first-order valence-corrected chi connectivity index (χ1v) is 16.5. The summed E-state index contributed by atoms with van der Waals surface area (Å²) in [6, 6.07) is 57.5. The van der Waals surface area contributed by atoms with Crippen molar-refractivity contribution in [1.82, 2.24) is 15.0 Å². The van der Waals surface area contributed by atoms with Gasteiger partial charge in [-0.2, -0.15) is 0 Å². The van der Waals surface area contributed by atoms with E-state index >= 15 is 0 Å². The van der Waals surface area contributed by atoms with Gasteiger partial charge in [-0.25, -0.2) is 15.0 Å². The first-order valence-electron chi connectivity index (χ1n) is 15.7. The van der Waals surface area contributed by atoms with Crippen LogP contribution < -0.4 is 0 Å². The Morgan fingerprint density at radius 3 is 1.36 bits per heavy atom. The molecule has 0 spiro atoms. The average molecular weight is 618 g/mol. The highest BCUT2D eigenvalue weighted by molar-refractivity contribution is 7.99. The molecule has 4 heteroatoms. The van der Waals surface area contributed by atoms with E-state index < -0.39 is 0 Å². The Kier molecular flexibility index (Phi) is 6.72. The first-order chi connectivity index (χ1) is 23.3. The molecule has 0 atom stereocenters. The minimum Gasteiger partial charge on any atom is -0.208 e. The summed E-state index contributed by atoms with van der Waals surface area (Å²) >= 11 is 1.87. The molecule has 0 N–H and O–H groups in total. The highest BCUT2D eigenvalue weighted by atomic mass is 32.2. The van der Waals surface area contributed by atoms with Crippen molar-refractivity contribution in [2.45, 2.75) is 9.79 Å². The highest BCUT2D eigenvalue weighted by Gasteiger charge is 2.19. The van der Waals surface area contributed by atoms with Gasteiger partial charge in [0.2, 0.25) is 0 Å². The SMILES string of the molecule is c1ccc(-c2nc(-c3ccccc3)nc(-c3ccc(-c4ccc(-c5ccc6c(c5)Sc5cccc7cccc-6c57)cc4)cc3)n2)cc1. The molecule has 0 amide bonds. The highest BCUT2D eigenvalue weighted by Crippen LogP contribution is 2.48. The fourth-order valence-electron chi connectivity index (χ4n) is 6.35. The van der Waals surface area contributed by atoms with Crippen molar-refractivity contribution in [3.05, 3.63) is 164 Å². The molecule has 0 bridgehead atoms. The Morgan fingerprint density at radius 1 is 0.319 bits per heavy atom. The molecule has 7 aromatic carbocycles. The van der Waals surface area contributed by atoms with E-state index in [2.05, 4.69) is 103 Å². The second kappa shape index (κ2) is 11.5. The zero-order valence-corrected chi connectivity index (χ0v) is 26.2. The van der Waals surface area contributed by atoms with Crippen molar-refractivity contribution in [2.24, 2.45) is 0 Å². The molecule has 47 heavy (non-hydrogen) atoms. The van der Waals surface area contributed by atoms with E-state index in [1.807, 2.05) is 72.4 Å². The summed E-state index contributed by atoms with van der Waals surface area (Å²) < 4.78 is 0. The summed E-state index contributed by atoms with van der Waals surface area (Å²) in [4.78, 5) is 17.2. The number of aromatic nitrogens is 3. The lowest BCUT2D eigenvalue weighted by atomic mass is 9.95. The molecule has 3 nitrogen and oxygen atoms in total. The number of rotatable bonds is 5. The van der Waals surface area contributed by atoms with Crippen LogP contribution in [0.25, 0.3) is 78.3 Å². The van der Waals surface area contributed by atoms with E-state index in [0.29, 0.717) is 17.5 Å². The van der Waals surface area contributed by atoms with E-state index in [0.717, 1.165) is 22.3 Å². The summed E-state index contributed by atoms with van der Waals surface area (Å²) in [5.41, 5.74) is 10.2. The summed E-state index contributed by atoms with van der Waals surface area (Å²) in [5, 5.41) is 2.66. The maximum Gasteiger partial charge on any atom is 0.164 e. The molecule has 1 aliphatic rings. The number of hydrogen-bond acceptors (Lipinski definition) is 4. The zero-order valence-electron chi connectivity index (χ0n) is 25.3. The standard InChI is InChI=1S/C43H27N3S/c1-3-9-32(10-4-1)41-44-42(33-11-5-2-6-12-33)46-43(45-41)34-23-21-29(22-24-34)28-17-19-30(20-18-28)35-25-26-36-37-15-7-13-31-14-8-16-38(40(31)37)47-39(36)27-35/h1-27H. The maximum atomic E-state index is 4.88. The van der Waals surface area contributed by atoms with Gasteiger partial charge in [0.25, 0.3) is 0 Å². The normalized spacial score (nSPS) is 11.7. The van der Waals surface area contributed by atoms with Gasteiger partial charge in [0.05, 0.1) is 0 Å². The lowest BCUT2D eigenvalue weighted by Gasteiger charge is -2.21. The molecule has 220 valence electrons. The van der Waals surface area contributed by atoms with Crippen LogP contribution in [0.2, 0.25) is 0 Å². The van der Waals surface area contributed by atoms with Crippen molar-refractivity contribution in [1.29, 1.82) is 0 Å². The minimum atomic E-state index is 0.656. The van der Waals surface area contributed by atoms with Gasteiger partial charge in [-0.05, 0) is 50.9 Å². The Labute approximate surface area is 277 Å². The maximum absolute atomic E-state index is 4.88. The fraction of sp³-hybridized carbons (Fsp3) is 0. The predicted molar refractivity (Wildman–Crippen MR) is 194 cm³/mol. The predicted octanol–water partition coefficient (Wildman–Crippen LogP) is 11.5. The largest absolute Gasteiger partial charge is 0.208 e. The Balaban J connectivity index is 1.01. The van der Waals surface area contributed by atoms with Crippen molar-refractivity contribution in [3.63, 3.8) is 0 Å². The van der Waals surface area contributed by atoms with E-state index in [9.17, 15) is 0 Å². The monoisotopic (exact) mass is 617 g/mol. The van der Waals surface area contributed by atoms with Gasteiger partial charge in [-0.3, -0.25) is 0 Å². The Morgan fingerprint density at radius 2 is 0.787 bits per heavy atom. The molecule has 0 saturated carbocycles. The van der Waals surface area contributed by atoms with Gasteiger partial charge in [0.1, 0.15) is 0 Å². The summed E-state index contributed by atoms with van der Waals surface area (Å²) in [6.45, 7) is 0. The van der Waals surface area contributed by atoms with Crippen molar-refractivity contribution in [2.75, 3.05) is 0 Å². The topological polar surface area (TPSA) is 38.7 Å². The van der Waals surface area contributed by atoms with Crippen molar-refractivity contribution in [3.8, 4) is 67.5 Å². The number of nitrogens with zero attached hydrogens (tertiary/aromatic N) is 3. The van der Waals surface area contributed by atoms with Crippen molar-refractivity contribution < 1.29 is 0 Å². The molecule has 2 heterocycles. The molecule has 1 aromatic heterocycles. The van der Waals surface area contributed by atoms with Crippen molar-refractivity contribution >= 4 is 22.5 Å². The lowest BCUT2D eigenvalue weighted by molar-refractivity contribution is 1.07. The van der Waals surface area contributed by atoms with Gasteiger partial charge in [-0.15, -0.1) is 0 Å². The molecule has 1 aliphatic heterocycles. The third kappa shape index (κ3) is 5.09. The van der Waals surface area contributed by atoms with Crippen LogP contribution in [0.1, 0.15) is 0 Å². The smallest absolute Gasteiger partial charge is 0.164 e. The number of hydrogen-bond donors (Lipinski definition) is 0. The van der Waals surface area contributed by atoms with Crippen LogP contribution in [-0.2, 0) is 0 Å². The van der Waals surface area contributed by atoms with Crippen LogP contribution in [0.15, 0.2) is 174 Å². The second-order valence-electron chi connectivity index (χ2n) is 11.7. The summed E-state index contributed by atoms with van der Waals surface area (Å²) in [7, 11) is 0. The average Bonchev–Trinajstić information content (AvgIpc) is 3.15. The van der Waals surface area contributed by atoms with Gasteiger partial charge in [0.15, 0.2) is 17.5 Å². The minimum absolute atomic E-state index is 0.656. The fourth-order valence-corrected chi connectivity index (χ4v) is 7.54. The lowest BCUT2D eigenvalue weighted by Crippen LogP contribution is -2.00. The Hall–Kier alpha value is -5.84. The molecular weight excluding hydrogens is 591 g/mol. The molecule has 8 aromatic rings. The van der Waals surface area contributed by atoms with Gasteiger partial charge in [0, 0.05) is 31.9 Å². The molecular formula is C43H27N3S. The van der Waals surface area contributed by atoms with E-state index in [1.54, 1.807) is 0 Å². The molecule has 9 rings (SSSR count). The van der Waals surface area contributed by atoms with Crippen LogP contribution in [0, 0.1) is 0 Å². The quantitative estimate of drug-likeness (QED) is 0.193. The van der Waals surface area contributed by atoms with Crippen LogP contribution in [0.5, 0.6) is 0 Å². The molecule has 0 radical (unpaired) electrons. The third-order valence-corrected chi connectivity index (χ3v) is 9.87. The van der Waals surface area contributed by atoms with Gasteiger partial charge in [-0.1, -0.05) is 163 Å². The van der Waals surface area contributed by atoms with Crippen LogP contribution in [0.4, 0.5) is 0 Å². The van der Waals surface area contributed by atoms with E-state index in [-0.39, 0.29) is 0 Å². The van der Waals surface area contributed by atoms with Gasteiger partial charge >= 0.3 is 0 Å². The third-order valence-electron chi connectivity index (χ3n) is 8.75. The molecule has 0 unspecified atom stereocenters. The van der Waals surface area contributed by atoms with Gasteiger partial charge < -0.3 is 0 Å². The number of fused-ring (bicyclic) bond motifs is 2. The van der Waals surface area contributed by atoms with E-state index in [4.69, 9.17) is 15.0 Å². The Bertz CT molecular complexity index is 2340. The first kappa shape index (κ1) is 27.5. The zero-order chi connectivity index (χ0) is 31.2. The molecule has 0 aliphatic carbocycles. The van der Waals surface area contributed by atoms with Crippen LogP contribution in [0.3, 0.4) is 0 Å². The summed E-state index contributed by atoms with van der Waals surface area (Å²) in [5.74, 6) is 1.98. The molecule has 0 saturated heterocycles. The van der Waals surface area contributed by atoms with Crippen LogP contribution in [-0.4, -0.2) is 15.0 Å². The van der Waals surface area contributed by atoms with Crippen LogP contribution >= 0.6 is 11.8 Å². The number of benzene rings is 7. The second-order valence-corrected chi connectivity index (χ2v) is 12.7. The van der Waals surface area contributed by atoms with E-state index in [1.165, 1.54) is 48.4 Å².